The van der Waals surface area contributed by atoms with Gasteiger partial charge in [-0.05, 0) is 61.0 Å². The molecule has 212 valence electrons. The first-order chi connectivity index (χ1) is 19.8. The monoisotopic (exact) mass is 589 g/mol. The van der Waals surface area contributed by atoms with Gasteiger partial charge in [0.1, 0.15) is 5.75 Å². The predicted molar refractivity (Wildman–Crippen MR) is 164 cm³/mol. The van der Waals surface area contributed by atoms with Crippen molar-refractivity contribution in [2.45, 2.75) is 18.4 Å². The molecule has 0 spiro atoms. The van der Waals surface area contributed by atoms with Crippen molar-refractivity contribution in [1.29, 1.82) is 0 Å². The van der Waals surface area contributed by atoms with Gasteiger partial charge < -0.3 is 14.5 Å². The van der Waals surface area contributed by atoms with Gasteiger partial charge in [-0.3, -0.25) is 9.10 Å². The molecular formula is C32H32ClN3O4S. The Morgan fingerprint density at radius 2 is 1.49 bits per heavy atom. The van der Waals surface area contributed by atoms with Crippen LogP contribution in [0, 0.1) is 6.92 Å². The summed E-state index contributed by atoms with van der Waals surface area (Å²) in [4.78, 5) is 18.1. The van der Waals surface area contributed by atoms with E-state index in [9.17, 15) is 13.2 Å². The molecule has 0 saturated carbocycles. The molecule has 5 rings (SSSR count). The van der Waals surface area contributed by atoms with E-state index >= 15 is 0 Å². The lowest BCUT2D eigenvalue weighted by molar-refractivity contribution is 0.0747. The summed E-state index contributed by atoms with van der Waals surface area (Å²) in [6, 6.07) is 28.5. The van der Waals surface area contributed by atoms with Gasteiger partial charge in [0.25, 0.3) is 15.9 Å². The number of para-hydroxylation sites is 3. The molecule has 0 N–H and O–H groups in total. The maximum Gasteiger partial charge on any atom is 0.264 e. The van der Waals surface area contributed by atoms with Gasteiger partial charge >= 0.3 is 0 Å². The Hall–Kier alpha value is -4.01. The zero-order chi connectivity index (χ0) is 29.0. The van der Waals surface area contributed by atoms with Crippen LogP contribution >= 0.6 is 11.6 Å². The van der Waals surface area contributed by atoms with Gasteiger partial charge in [0, 0.05) is 31.2 Å². The van der Waals surface area contributed by atoms with Crippen molar-refractivity contribution < 1.29 is 17.9 Å². The van der Waals surface area contributed by atoms with E-state index in [2.05, 4.69) is 4.90 Å². The number of carbonyl (C=O) groups excluding carboxylic acids is 1. The van der Waals surface area contributed by atoms with E-state index in [1.807, 2.05) is 31.2 Å². The highest BCUT2D eigenvalue weighted by Gasteiger charge is 2.31. The fourth-order valence-electron chi connectivity index (χ4n) is 4.98. The number of nitrogens with zero attached hydrogens (tertiary/aromatic N) is 3. The molecule has 0 bridgehead atoms. The third-order valence-electron chi connectivity index (χ3n) is 7.24. The number of hydrogen-bond acceptors (Lipinski definition) is 5. The van der Waals surface area contributed by atoms with E-state index in [-0.39, 0.29) is 17.3 Å². The minimum atomic E-state index is -4.01. The Kier molecular flexibility index (Phi) is 8.52. The van der Waals surface area contributed by atoms with Gasteiger partial charge in [-0.2, -0.15) is 0 Å². The number of amides is 1. The number of carbonyl (C=O) groups is 1. The maximum absolute atomic E-state index is 14.1. The molecule has 41 heavy (non-hydrogen) atoms. The van der Waals surface area contributed by atoms with Crippen molar-refractivity contribution in [2.24, 2.45) is 0 Å². The molecule has 0 radical (unpaired) electrons. The van der Waals surface area contributed by atoms with E-state index < -0.39 is 10.0 Å². The van der Waals surface area contributed by atoms with Gasteiger partial charge in [0.2, 0.25) is 0 Å². The van der Waals surface area contributed by atoms with Crippen LogP contribution in [-0.4, -0.2) is 52.5 Å². The number of aryl methyl sites for hydroxylation is 1. The lowest BCUT2D eigenvalue weighted by Gasteiger charge is -2.37. The number of methoxy groups -OCH3 is 1. The van der Waals surface area contributed by atoms with E-state index in [1.54, 1.807) is 84.8 Å². The summed E-state index contributed by atoms with van der Waals surface area (Å²) in [5, 5.41) is 0.560. The Balaban J connectivity index is 1.46. The zero-order valence-corrected chi connectivity index (χ0v) is 24.6. The number of benzene rings is 4. The Morgan fingerprint density at radius 1 is 0.854 bits per heavy atom. The Labute approximate surface area is 246 Å². The van der Waals surface area contributed by atoms with Crippen molar-refractivity contribution in [3.8, 4) is 5.75 Å². The van der Waals surface area contributed by atoms with Gasteiger partial charge in [-0.1, -0.05) is 65.7 Å². The molecule has 0 aromatic heterocycles. The number of halogens is 1. The average molecular weight is 590 g/mol. The summed E-state index contributed by atoms with van der Waals surface area (Å²) in [5.74, 6) is 0.581. The molecule has 0 atom stereocenters. The maximum atomic E-state index is 14.1. The Morgan fingerprint density at radius 3 is 2.17 bits per heavy atom. The first kappa shape index (κ1) is 28.5. The SMILES string of the molecule is COc1ccccc1N1CCN(C(=O)c2ccccc2N(Cc2ccc(Cl)cc2)S(=O)(=O)c2ccc(C)cc2)CC1. The summed E-state index contributed by atoms with van der Waals surface area (Å²) in [6.45, 7) is 4.19. The molecule has 0 unspecified atom stereocenters. The van der Waals surface area contributed by atoms with Crippen LogP contribution in [0.5, 0.6) is 5.75 Å². The molecule has 4 aromatic rings. The van der Waals surface area contributed by atoms with Gasteiger partial charge in [0.05, 0.1) is 35.5 Å². The molecule has 0 aliphatic carbocycles. The van der Waals surface area contributed by atoms with Crippen LogP contribution in [0.4, 0.5) is 11.4 Å². The van der Waals surface area contributed by atoms with E-state index in [4.69, 9.17) is 16.3 Å². The van der Waals surface area contributed by atoms with Crippen molar-refractivity contribution in [3.63, 3.8) is 0 Å². The van der Waals surface area contributed by atoms with Gasteiger partial charge in [-0.25, -0.2) is 8.42 Å². The highest BCUT2D eigenvalue weighted by Crippen LogP contribution is 2.32. The molecule has 9 heteroatoms. The van der Waals surface area contributed by atoms with Gasteiger partial charge in [0.15, 0.2) is 0 Å². The smallest absolute Gasteiger partial charge is 0.264 e. The van der Waals surface area contributed by atoms with Crippen LogP contribution in [0.2, 0.25) is 5.02 Å². The molecular weight excluding hydrogens is 558 g/mol. The molecule has 7 nitrogen and oxygen atoms in total. The minimum absolute atomic E-state index is 0.0409. The van der Waals surface area contributed by atoms with Crippen molar-refractivity contribution >= 4 is 38.9 Å². The number of piperazine rings is 1. The van der Waals surface area contributed by atoms with Crippen LogP contribution in [0.15, 0.2) is 102 Å². The number of ether oxygens (including phenoxy) is 1. The number of hydrogen-bond donors (Lipinski definition) is 0. The molecule has 1 heterocycles. The average Bonchev–Trinajstić information content (AvgIpc) is 3.00. The van der Waals surface area contributed by atoms with Crippen LogP contribution in [-0.2, 0) is 16.6 Å². The largest absolute Gasteiger partial charge is 0.495 e. The second-order valence-corrected chi connectivity index (χ2v) is 12.2. The number of sulfonamides is 1. The zero-order valence-electron chi connectivity index (χ0n) is 23.0. The van der Waals surface area contributed by atoms with Crippen molar-refractivity contribution in [1.82, 2.24) is 4.90 Å². The Bertz CT molecular complexity index is 1620. The van der Waals surface area contributed by atoms with Crippen LogP contribution in [0.1, 0.15) is 21.5 Å². The third kappa shape index (κ3) is 6.19. The second kappa shape index (κ2) is 12.2. The van der Waals surface area contributed by atoms with Gasteiger partial charge in [-0.15, -0.1) is 0 Å². The summed E-state index contributed by atoms with van der Waals surface area (Å²) >= 11 is 6.09. The van der Waals surface area contributed by atoms with Crippen molar-refractivity contribution in [2.75, 3.05) is 42.5 Å². The quantitative estimate of drug-likeness (QED) is 0.252. The lowest BCUT2D eigenvalue weighted by atomic mass is 10.1. The van der Waals surface area contributed by atoms with E-state index in [0.717, 1.165) is 22.6 Å². The highest BCUT2D eigenvalue weighted by atomic mass is 35.5. The standard InChI is InChI=1S/C32H32ClN3O4S/c1-24-11-17-27(18-12-24)41(38,39)36(23-25-13-15-26(33)16-14-25)29-8-4-3-7-28(29)32(37)35-21-19-34(20-22-35)30-9-5-6-10-31(30)40-2/h3-18H,19-23H2,1-2H3. The van der Waals surface area contributed by atoms with Crippen molar-refractivity contribution in [3.05, 3.63) is 119 Å². The van der Waals surface area contributed by atoms with Crippen LogP contribution in [0.3, 0.4) is 0 Å². The topological polar surface area (TPSA) is 70.2 Å². The number of rotatable bonds is 8. The summed E-state index contributed by atoms with van der Waals surface area (Å²) in [6.07, 6.45) is 0. The molecule has 1 amide bonds. The number of anilines is 2. The lowest BCUT2D eigenvalue weighted by Crippen LogP contribution is -2.49. The minimum Gasteiger partial charge on any atom is -0.495 e. The summed E-state index contributed by atoms with van der Waals surface area (Å²) < 4.78 is 35.0. The second-order valence-electron chi connectivity index (χ2n) is 9.92. The molecule has 1 aliphatic rings. The van der Waals surface area contributed by atoms with Crippen LogP contribution < -0.4 is 13.9 Å². The first-order valence-electron chi connectivity index (χ1n) is 13.4. The summed E-state index contributed by atoms with van der Waals surface area (Å²) in [5.41, 5.74) is 3.36. The van der Waals surface area contributed by atoms with E-state index in [0.29, 0.717) is 42.5 Å². The molecule has 1 saturated heterocycles. The normalized spacial score (nSPS) is 13.6. The molecule has 1 aliphatic heterocycles. The molecule has 1 fully saturated rings. The molecule has 4 aromatic carbocycles. The van der Waals surface area contributed by atoms with Crippen LogP contribution in [0.25, 0.3) is 0 Å². The fourth-order valence-corrected chi connectivity index (χ4v) is 6.57. The first-order valence-corrected chi connectivity index (χ1v) is 15.2. The highest BCUT2D eigenvalue weighted by molar-refractivity contribution is 7.92. The fraction of sp³-hybridized carbons (Fsp3) is 0.219. The third-order valence-corrected chi connectivity index (χ3v) is 9.27. The summed E-state index contributed by atoms with van der Waals surface area (Å²) in [7, 11) is -2.36. The predicted octanol–water partition coefficient (Wildman–Crippen LogP) is 6.01. The van der Waals surface area contributed by atoms with E-state index in [1.165, 1.54) is 4.31 Å².